The van der Waals surface area contributed by atoms with E-state index in [1.54, 1.807) is 0 Å². The summed E-state index contributed by atoms with van der Waals surface area (Å²) < 4.78 is 5.47. The first-order chi connectivity index (χ1) is 5.84. The van der Waals surface area contributed by atoms with Crippen molar-refractivity contribution in [1.82, 2.24) is 0 Å². The Morgan fingerprint density at radius 1 is 1.50 bits per heavy atom. The van der Waals surface area contributed by atoms with Gasteiger partial charge in [-0.2, -0.15) is 0 Å². The number of hydrogen-bond acceptors (Lipinski definition) is 2. The standard InChI is InChI=1S/C9H17BrO2/c10-6-3-4-8(11)9-5-1-2-7-12-9/h8-9,11H,1-7H2. The summed E-state index contributed by atoms with van der Waals surface area (Å²) >= 11 is 3.35. The van der Waals surface area contributed by atoms with E-state index in [-0.39, 0.29) is 12.2 Å². The molecule has 3 heteroatoms. The number of rotatable bonds is 4. The van der Waals surface area contributed by atoms with Gasteiger partial charge in [-0.05, 0) is 32.1 Å². The van der Waals surface area contributed by atoms with Gasteiger partial charge in [0.25, 0.3) is 0 Å². The zero-order valence-corrected chi connectivity index (χ0v) is 8.92. The summed E-state index contributed by atoms with van der Waals surface area (Å²) in [5, 5.41) is 10.6. The zero-order chi connectivity index (χ0) is 8.81. The summed E-state index contributed by atoms with van der Waals surface area (Å²) in [6, 6.07) is 0. The van der Waals surface area contributed by atoms with Crippen molar-refractivity contribution in [2.45, 2.75) is 44.3 Å². The maximum atomic E-state index is 9.66. The van der Waals surface area contributed by atoms with Crippen LogP contribution >= 0.6 is 15.9 Å². The SMILES string of the molecule is OC(CCCBr)C1CCCCO1. The molecule has 1 saturated heterocycles. The molecule has 0 saturated carbocycles. The number of hydrogen-bond donors (Lipinski definition) is 1. The lowest BCUT2D eigenvalue weighted by Gasteiger charge is -2.26. The average molecular weight is 237 g/mol. The maximum Gasteiger partial charge on any atom is 0.0833 e. The molecule has 1 fully saturated rings. The van der Waals surface area contributed by atoms with Crippen LogP contribution in [0, 0.1) is 0 Å². The number of halogens is 1. The molecule has 0 radical (unpaired) electrons. The lowest BCUT2D eigenvalue weighted by molar-refractivity contribution is -0.0642. The molecular weight excluding hydrogens is 220 g/mol. The molecule has 0 bridgehead atoms. The first-order valence-electron chi connectivity index (χ1n) is 4.70. The number of aliphatic hydroxyl groups is 1. The van der Waals surface area contributed by atoms with Gasteiger partial charge in [-0.15, -0.1) is 0 Å². The van der Waals surface area contributed by atoms with Crippen molar-refractivity contribution in [3.63, 3.8) is 0 Å². The fourth-order valence-electron chi connectivity index (χ4n) is 1.54. The van der Waals surface area contributed by atoms with E-state index < -0.39 is 0 Å². The molecule has 72 valence electrons. The second kappa shape index (κ2) is 5.95. The second-order valence-electron chi connectivity index (χ2n) is 3.30. The molecule has 0 amide bonds. The predicted molar refractivity (Wildman–Crippen MR) is 52.6 cm³/mol. The van der Waals surface area contributed by atoms with Gasteiger partial charge in [0.2, 0.25) is 0 Å². The summed E-state index contributed by atoms with van der Waals surface area (Å²) in [4.78, 5) is 0. The largest absolute Gasteiger partial charge is 0.390 e. The Balaban J connectivity index is 2.15. The molecule has 2 nitrogen and oxygen atoms in total. The van der Waals surface area contributed by atoms with Crippen molar-refractivity contribution >= 4 is 15.9 Å². The molecule has 0 aliphatic carbocycles. The van der Waals surface area contributed by atoms with Gasteiger partial charge >= 0.3 is 0 Å². The molecular formula is C9H17BrO2. The molecule has 0 aromatic heterocycles. The van der Waals surface area contributed by atoms with Crippen molar-refractivity contribution in [2.24, 2.45) is 0 Å². The van der Waals surface area contributed by atoms with E-state index in [2.05, 4.69) is 15.9 Å². The van der Waals surface area contributed by atoms with Gasteiger partial charge in [-0.25, -0.2) is 0 Å². The molecule has 1 aliphatic rings. The van der Waals surface area contributed by atoms with E-state index >= 15 is 0 Å². The van der Waals surface area contributed by atoms with Gasteiger partial charge in [0.05, 0.1) is 12.2 Å². The monoisotopic (exact) mass is 236 g/mol. The zero-order valence-electron chi connectivity index (χ0n) is 7.34. The normalized spacial score (nSPS) is 27.0. The molecule has 0 aromatic carbocycles. The van der Waals surface area contributed by atoms with E-state index in [1.807, 2.05) is 0 Å². The van der Waals surface area contributed by atoms with Gasteiger partial charge in [-0.1, -0.05) is 15.9 Å². The van der Waals surface area contributed by atoms with Crippen LogP contribution in [-0.4, -0.2) is 29.3 Å². The summed E-state index contributed by atoms with van der Waals surface area (Å²) in [6.07, 6.45) is 5.14. The Kier molecular flexibility index (Phi) is 5.19. The lowest BCUT2D eigenvalue weighted by Crippen LogP contribution is -2.32. The minimum atomic E-state index is -0.247. The van der Waals surface area contributed by atoms with Crippen LogP contribution in [0.3, 0.4) is 0 Å². The fraction of sp³-hybridized carbons (Fsp3) is 1.00. The van der Waals surface area contributed by atoms with Crippen LogP contribution in [0.15, 0.2) is 0 Å². The van der Waals surface area contributed by atoms with E-state index in [0.717, 1.165) is 37.6 Å². The molecule has 12 heavy (non-hydrogen) atoms. The highest BCUT2D eigenvalue weighted by Crippen LogP contribution is 2.18. The smallest absolute Gasteiger partial charge is 0.0833 e. The van der Waals surface area contributed by atoms with Crippen LogP contribution in [0.4, 0.5) is 0 Å². The minimum absolute atomic E-state index is 0.109. The Morgan fingerprint density at radius 2 is 2.33 bits per heavy atom. The van der Waals surface area contributed by atoms with E-state index in [4.69, 9.17) is 4.74 Å². The molecule has 1 rings (SSSR count). The Hall–Kier alpha value is 0.400. The van der Waals surface area contributed by atoms with Crippen LogP contribution in [0.25, 0.3) is 0 Å². The Bertz CT molecular complexity index is 113. The Labute approximate surface area is 82.4 Å². The van der Waals surface area contributed by atoms with Crippen molar-refractivity contribution in [3.05, 3.63) is 0 Å². The average Bonchev–Trinajstić information content (AvgIpc) is 2.15. The number of alkyl halides is 1. The highest BCUT2D eigenvalue weighted by molar-refractivity contribution is 9.09. The molecule has 1 heterocycles. The number of aliphatic hydroxyl groups excluding tert-OH is 1. The summed E-state index contributed by atoms with van der Waals surface area (Å²) in [7, 11) is 0. The van der Waals surface area contributed by atoms with Crippen LogP contribution in [-0.2, 0) is 4.74 Å². The molecule has 1 aliphatic heterocycles. The first-order valence-corrected chi connectivity index (χ1v) is 5.82. The summed E-state index contributed by atoms with van der Waals surface area (Å²) in [5.74, 6) is 0. The van der Waals surface area contributed by atoms with Gasteiger partial charge in [0, 0.05) is 11.9 Å². The summed E-state index contributed by atoms with van der Waals surface area (Å²) in [6.45, 7) is 0.829. The van der Waals surface area contributed by atoms with Gasteiger partial charge in [0.15, 0.2) is 0 Å². The summed E-state index contributed by atoms with van der Waals surface area (Å²) in [5.41, 5.74) is 0. The second-order valence-corrected chi connectivity index (χ2v) is 4.10. The third-order valence-electron chi connectivity index (χ3n) is 2.28. The van der Waals surface area contributed by atoms with Crippen LogP contribution in [0.5, 0.6) is 0 Å². The van der Waals surface area contributed by atoms with Gasteiger partial charge in [-0.3, -0.25) is 0 Å². The fourth-order valence-corrected chi connectivity index (χ4v) is 1.87. The minimum Gasteiger partial charge on any atom is -0.390 e. The van der Waals surface area contributed by atoms with Gasteiger partial charge in [0.1, 0.15) is 0 Å². The molecule has 2 unspecified atom stereocenters. The lowest BCUT2D eigenvalue weighted by atomic mass is 10.0. The van der Waals surface area contributed by atoms with Crippen molar-refractivity contribution in [2.75, 3.05) is 11.9 Å². The molecule has 0 spiro atoms. The molecule has 0 aromatic rings. The third-order valence-corrected chi connectivity index (χ3v) is 2.84. The third kappa shape index (κ3) is 3.42. The maximum absolute atomic E-state index is 9.66. The predicted octanol–water partition coefficient (Wildman–Crippen LogP) is 2.09. The topological polar surface area (TPSA) is 29.5 Å². The van der Waals surface area contributed by atoms with E-state index in [9.17, 15) is 5.11 Å². The quantitative estimate of drug-likeness (QED) is 0.758. The van der Waals surface area contributed by atoms with E-state index in [1.165, 1.54) is 6.42 Å². The van der Waals surface area contributed by atoms with Crippen LogP contribution < -0.4 is 0 Å². The van der Waals surface area contributed by atoms with Crippen LogP contribution in [0.2, 0.25) is 0 Å². The van der Waals surface area contributed by atoms with Crippen LogP contribution in [0.1, 0.15) is 32.1 Å². The first kappa shape index (κ1) is 10.5. The van der Waals surface area contributed by atoms with E-state index in [0.29, 0.717) is 0 Å². The van der Waals surface area contributed by atoms with Gasteiger partial charge < -0.3 is 9.84 Å². The highest BCUT2D eigenvalue weighted by Gasteiger charge is 2.21. The molecule has 1 N–H and O–H groups in total. The van der Waals surface area contributed by atoms with Crippen molar-refractivity contribution in [3.8, 4) is 0 Å². The highest BCUT2D eigenvalue weighted by atomic mass is 79.9. The van der Waals surface area contributed by atoms with Crippen molar-refractivity contribution in [1.29, 1.82) is 0 Å². The number of ether oxygens (including phenoxy) is 1. The Morgan fingerprint density at radius 3 is 2.92 bits per heavy atom. The van der Waals surface area contributed by atoms with Crippen molar-refractivity contribution < 1.29 is 9.84 Å². The molecule has 2 atom stereocenters.